The molecule has 0 amide bonds. The minimum Gasteiger partial charge on any atom is -0.484 e. The number of benzene rings is 1. The van der Waals surface area contributed by atoms with E-state index in [-0.39, 0.29) is 5.60 Å². The number of hydrogen-bond donors (Lipinski definition) is 2. The van der Waals surface area contributed by atoms with E-state index in [1.54, 1.807) is 12.4 Å². The van der Waals surface area contributed by atoms with Crippen LogP contribution in [0.2, 0.25) is 0 Å². The van der Waals surface area contributed by atoms with Gasteiger partial charge in [-0.2, -0.15) is 0 Å². The number of nitrogens with zero attached hydrogens (tertiary/aromatic N) is 2. The molecule has 3 aliphatic rings. The van der Waals surface area contributed by atoms with E-state index in [0.29, 0.717) is 5.92 Å². The highest BCUT2D eigenvalue weighted by atomic mass is 16.5. The Morgan fingerprint density at radius 3 is 2.87 bits per heavy atom. The van der Waals surface area contributed by atoms with Crippen molar-refractivity contribution in [1.29, 1.82) is 0 Å². The molecule has 5 nitrogen and oxygen atoms in total. The van der Waals surface area contributed by atoms with Gasteiger partial charge in [-0.05, 0) is 69.0 Å². The lowest BCUT2D eigenvalue weighted by Gasteiger charge is -2.41. The Bertz CT molecular complexity index is 1070. The highest BCUT2D eigenvalue weighted by Gasteiger charge is 2.33. The molecule has 0 spiro atoms. The summed E-state index contributed by atoms with van der Waals surface area (Å²) in [4.78, 5) is 6.56. The molecule has 2 aromatic rings. The molecule has 5 rings (SSSR count). The molecule has 3 heterocycles. The normalized spacial score (nSPS) is 21.1. The van der Waals surface area contributed by atoms with Gasteiger partial charge in [-0.1, -0.05) is 12.2 Å². The second-order valence-electron chi connectivity index (χ2n) is 9.23. The van der Waals surface area contributed by atoms with E-state index in [2.05, 4.69) is 77.8 Å². The van der Waals surface area contributed by atoms with E-state index in [1.807, 2.05) is 12.1 Å². The van der Waals surface area contributed by atoms with Crippen LogP contribution in [0.4, 0.5) is 17.1 Å². The van der Waals surface area contributed by atoms with Crippen molar-refractivity contribution in [3.05, 3.63) is 77.9 Å². The predicted molar refractivity (Wildman–Crippen MR) is 127 cm³/mol. The summed E-state index contributed by atoms with van der Waals surface area (Å²) in [5.41, 5.74) is 7.20. The van der Waals surface area contributed by atoms with E-state index in [4.69, 9.17) is 4.74 Å². The van der Waals surface area contributed by atoms with Gasteiger partial charge in [0.2, 0.25) is 0 Å². The number of pyridine rings is 1. The number of fused-ring (bicyclic) bond motifs is 2. The molecule has 2 N–H and O–H groups in total. The first-order chi connectivity index (χ1) is 15.0. The summed E-state index contributed by atoms with van der Waals surface area (Å²) in [5.74, 6) is 1.45. The minimum absolute atomic E-state index is 0.236. The second-order valence-corrected chi connectivity index (χ2v) is 9.23. The minimum atomic E-state index is -0.236. The zero-order valence-corrected chi connectivity index (χ0v) is 18.5. The number of allylic oxidation sites excluding steroid dienone is 4. The average molecular weight is 415 g/mol. The van der Waals surface area contributed by atoms with Crippen LogP contribution in [-0.4, -0.2) is 23.7 Å². The van der Waals surface area contributed by atoms with Gasteiger partial charge in [-0.15, -0.1) is 0 Å². The van der Waals surface area contributed by atoms with Crippen LogP contribution in [0.3, 0.4) is 0 Å². The van der Waals surface area contributed by atoms with Crippen molar-refractivity contribution in [2.24, 2.45) is 5.92 Å². The number of rotatable bonds is 5. The molecule has 1 atom stereocenters. The summed E-state index contributed by atoms with van der Waals surface area (Å²) in [6, 6.07) is 10.3. The van der Waals surface area contributed by atoms with Crippen LogP contribution in [0.5, 0.6) is 5.75 Å². The van der Waals surface area contributed by atoms with Crippen LogP contribution in [0.25, 0.3) is 0 Å². The Morgan fingerprint density at radius 2 is 2.03 bits per heavy atom. The summed E-state index contributed by atoms with van der Waals surface area (Å²) < 4.78 is 6.36. The highest BCUT2D eigenvalue weighted by molar-refractivity contribution is 5.70. The van der Waals surface area contributed by atoms with Gasteiger partial charge in [0.25, 0.3) is 0 Å². The Balaban J connectivity index is 1.33. The molecule has 0 saturated carbocycles. The van der Waals surface area contributed by atoms with Crippen LogP contribution < -0.4 is 20.3 Å². The van der Waals surface area contributed by atoms with Gasteiger partial charge in [0, 0.05) is 54.2 Å². The zero-order chi connectivity index (χ0) is 21.4. The second kappa shape index (κ2) is 7.80. The Kier molecular flexibility index (Phi) is 4.97. The van der Waals surface area contributed by atoms with Gasteiger partial charge in [-0.3, -0.25) is 4.98 Å². The molecule has 0 fully saturated rings. The van der Waals surface area contributed by atoms with Crippen LogP contribution in [0.15, 0.2) is 77.9 Å². The van der Waals surface area contributed by atoms with Crippen molar-refractivity contribution in [2.75, 3.05) is 23.3 Å². The van der Waals surface area contributed by atoms with Gasteiger partial charge in [0.15, 0.2) is 0 Å². The molecule has 1 aromatic carbocycles. The molecule has 2 aliphatic heterocycles. The summed E-state index contributed by atoms with van der Waals surface area (Å²) in [7, 11) is 0. The fraction of sp³-hybridized carbons (Fsp3) is 0.346. The van der Waals surface area contributed by atoms with Crippen LogP contribution in [0, 0.1) is 5.92 Å². The molecule has 1 aliphatic carbocycles. The standard InChI is InChI=1S/C26H30N4O/c1-18-5-4-6-22-19(16-28-25(18)22)11-14-30-17-26(2,3)31-24-15-21(7-8-23(24)30)29-20-9-12-27-13-10-20/h4-5,7-10,12-13,15-16,22,28H,6,11,14,17H2,1-3H3,(H,27,29). The summed E-state index contributed by atoms with van der Waals surface area (Å²) in [6.07, 6.45) is 12.5. The number of anilines is 3. The molecule has 1 aromatic heterocycles. The van der Waals surface area contributed by atoms with Crippen molar-refractivity contribution in [3.63, 3.8) is 0 Å². The van der Waals surface area contributed by atoms with Crippen LogP contribution in [0.1, 0.15) is 33.6 Å². The van der Waals surface area contributed by atoms with Crippen molar-refractivity contribution in [2.45, 2.75) is 39.2 Å². The van der Waals surface area contributed by atoms with E-state index in [9.17, 15) is 0 Å². The van der Waals surface area contributed by atoms with Crippen LogP contribution >= 0.6 is 0 Å². The van der Waals surface area contributed by atoms with Crippen LogP contribution in [-0.2, 0) is 0 Å². The van der Waals surface area contributed by atoms with E-state index < -0.39 is 0 Å². The maximum absolute atomic E-state index is 6.36. The molecule has 0 radical (unpaired) electrons. The third kappa shape index (κ3) is 4.05. The number of hydrogen-bond acceptors (Lipinski definition) is 5. The lowest BCUT2D eigenvalue weighted by atomic mass is 9.87. The SMILES string of the molecule is CC1=C2NC=C(CCN3CC(C)(C)Oc4cc(Nc5ccncc5)ccc43)C2CC=C1. The van der Waals surface area contributed by atoms with E-state index >= 15 is 0 Å². The molecule has 1 unspecified atom stereocenters. The topological polar surface area (TPSA) is 49.4 Å². The zero-order valence-electron chi connectivity index (χ0n) is 18.5. The van der Waals surface area contributed by atoms with Crippen molar-refractivity contribution in [3.8, 4) is 5.75 Å². The smallest absolute Gasteiger partial charge is 0.145 e. The fourth-order valence-electron chi connectivity index (χ4n) is 4.81. The van der Waals surface area contributed by atoms with Gasteiger partial charge < -0.3 is 20.3 Å². The number of ether oxygens (including phenoxy) is 1. The molecular formula is C26H30N4O. The average Bonchev–Trinajstić information content (AvgIpc) is 3.16. The number of aromatic nitrogens is 1. The predicted octanol–water partition coefficient (Wildman–Crippen LogP) is 5.53. The van der Waals surface area contributed by atoms with E-state index in [0.717, 1.165) is 43.1 Å². The van der Waals surface area contributed by atoms with Gasteiger partial charge in [-0.25, -0.2) is 0 Å². The first kappa shape index (κ1) is 19.7. The van der Waals surface area contributed by atoms with E-state index in [1.165, 1.54) is 22.5 Å². The molecular weight excluding hydrogens is 384 g/mol. The largest absolute Gasteiger partial charge is 0.484 e. The maximum atomic E-state index is 6.36. The first-order valence-corrected chi connectivity index (χ1v) is 11.1. The quantitative estimate of drug-likeness (QED) is 0.674. The molecule has 160 valence electrons. The third-order valence-electron chi connectivity index (χ3n) is 6.27. The molecule has 0 bridgehead atoms. The summed E-state index contributed by atoms with van der Waals surface area (Å²) >= 11 is 0. The first-order valence-electron chi connectivity index (χ1n) is 11.1. The monoisotopic (exact) mass is 414 g/mol. The van der Waals surface area contributed by atoms with Gasteiger partial charge in [0.1, 0.15) is 11.4 Å². The maximum Gasteiger partial charge on any atom is 0.145 e. The number of nitrogens with one attached hydrogen (secondary N) is 2. The Hall–Kier alpha value is -3.21. The van der Waals surface area contributed by atoms with Crippen molar-refractivity contribution < 1.29 is 4.74 Å². The fourth-order valence-corrected chi connectivity index (χ4v) is 4.81. The Morgan fingerprint density at radius 1 is 1.19 bits per heavy atom. The van der Waals surface area contributed by atoms with Crippen molar-refractivity contribution in [1.82, 2.24) is 10.3 Å². The Labute approximate surface area is 184 Å². The van der Waals surface area contributed by atoms with Crippen molar-refractivity contribution >= 4 is 17.1 Å². The lowest BCUT2D eigenvalue weighted by Crippen LogP contribution is -2.47. The van der Waals surface area contributed by atoms with Gasteiger partial charge >= 0.3 is 0 Å². The summed E-state index contributed by atoms with van der Waals surface area (Å²) in [5, 5.41) is 6.96. The molecule has 5 heteroatoms. The lowest BCUT2D eigenvalue weighted by molar-refractivity contribution is 0.105. The summed E-state index contributed by atoms with van der Waals surface area (Å²) in [6.45, 7) is 8.39. The highest BCUT2D eigenvalue weighted by Crippen LogP contribution is 2.41. The molecule has 31 heavy (non-hydrogen) atoms. The van der Waals surface area contributed by atoms with Gasteiger partial charge in [0.05, 0.1) is 12.2 Å². The molecule has 0 saturated heterocycles. The third-order valence-corrected chi connectivity index (χ3v) is 6.27.